The number of amides is 1. The van der Waals surface area contributed by atoms with Gasteiger partial charge in [-0.25, -0.2) is 0 Å². The molecular weight excluding hydrogens is 58.0 g/mol. The molecule has 0 aromatic heterocycles. The van der Waals surface area contributed by atoms with Crippen LogP contribution in [0.5, 0.6) is 0 Å². The molecule has 0 fully saturated rings. The lowest BCUT2D eigenvalue weighted by Gasteiger charge is -1.75. The highest BCUT2D eigenvalue weighted by atomic mass is 16.4. The van der Waals surface area contributed by atoms with Crippen molar-refractivity contribution in [3.8, 4) is 0 Å². The minimum absolute atomic E-state index is 1.83. The first-order valence-electron chi connectivity index (χ1n) is 0.658. The molecule has 4 heavy (non-hydrogen) atoms. The van der Waals surface area contributed by atoms with Gasteiger partial charge in [0.15, 0.2) is 6.09 Å². The minimum atomic E-state index is -1.83. The molecule has 3 heteroatoms. The lowest BCUT2D eigenvalue weighted by Crippen LogP contribution is -2.20. The van der Waals surface area contributed by atoms with Crippen LogP contribution in [0.2, 0.25) is 0 Å². The van der Waals surface area contributed by atoms with Crippen molar-refractivity contribution in [1.82, 2.24) is 5.73 Å². The van der Waals surface area contributed by atoms with E-state index in [-0.39, 0.29) is 0 Å². The first kappa shape index (κ1) is 3.27. The molecular formula is CHNO2-. The average Bonchev–Trinajstić information content (AvgIpc) is 0.811. The van der Waals surface area contributed by atoms with Gasteiger partial charge in [-0.05, 0) is 0 Å². The molecule has 0 spiro atoms. The van der Waals surface area contributed by atoms with E-state index in [1.807, 2.05) is 0 Å². The topological polar surface area (TPSA) is 63.9 Å². The van der Waals surface area contributed by atoms with Gasteiger partial charge in [-0.1, -0.05) is 0 Å². The standard InChI is InChI=1S/CH2NO2/c2-1(3)4/h2H,(H,3,4)/p-1. The first-order valence-corrected chi connectivity index (χ1v) is 0.658. The number of hydrogen-bond donors (Lipinski definition) is 0. The van der Waals surface area contributed by atoms with Crippen molar-refractivity contribution < 1.29 is 9.90 Å². The zero-order chi connectivity index (χ0) is 3.58. The monoisotopic (exact) mass is 59.0 g/mol. The minimum Gasteiger partial charge on any atom is -0.529 e. The Morgan fingerprint density at radius 3 is 2.00 bits per heavy atom. The predicted molar refractivity (Wildman–Crippen MR) is 8.49 cm³/mol. The number of carbonyl (C=O) groups excluding carboxylic acids is 1. The molecule has 1 radical (unpaired) electrons. The molecule has 23 valence electrons. The summed E-state index contributed by atoms with van der Waals surface area (Å²) in [6.07, 6.45) is -1.83. The molecule has 0 aromatic carbocycles. The number of nitrogens with one attached hydrogen (secondary N) is 1. The van der Waals surface area contributed by atoms with Crippen molar-refractivity contribution in [3.63, 3.8) is 0 Å². The summed E-state index contributed by atoms with van der Waals surface area (Å²) >= 11 is 0. The van der Waals surface area contributed by atoms with Crippen LogP contribution in [-0.2, 0) is 0 Å². The van der Waals surface area contributed by atoms with Gasteiger partial charge in [0.05, 0.1) is 0 Å². The molecule has 0 aliphatic carbocycles. The van der Waals surface area contributed by atoms with E-state index < -0.39 is 6.09 Å². The fourth-order valence-corrected chi connectivity index (χ4v) is 0. The van der Waals surface area contributed by atoms with Crippen LogP contribution >= 0.6 is 0 Å². The van der Waals surface area contributed by atoms with Crippen LogP contribution in [0.15, 0.2) is 0 Å². The van der Waals surface area contributed by atoms with Crippen LogP contribution in [0.25, 0.3) is 0 Å². The second-order valence-corrected chi connectivity index (χ2v) is 0.287. The molecule has 0 rings (SSSR count). The lowest BCUT2D eigenvalue weighted by molar-refractivity contribution is -0.246. The predicted octanol–water partition coefficient (Wildman–Crippen LogP) is -1.39. The summed E-state index contributed by atoms with van der Waals surface area (Å²) in [5, 5.41) is 8.56. The van der Waals surface area contributed by atoms with E-state index in [0.717, 1.165) is 0 Å². The number of carboxylic acid groups (broad SMARTS) is 1. The third-order valence-corrected chi connectivity index (χ3v) is 0. The molecule has 3 nitrogen and oxygen atoms in total. The second kappa shape index (κ2) is 0.711. The molecule has 0 aliphatic heterocycles. The van der Waals surface area contributed by atoms with Crippen molar-refractivity contribution in [2.24, 2.45) is 0 Å². The molecule has 0 aliphatic rings. The smallest absolute Gasteiger partial charge is 0.153 e. The Balaban J connectivity index is 2.80. The first-order chi connectivity index (χ1) is 1.73. The van der Waals surface area contributed by atoms with Gasteiger partial charge in [-0.3, -0.25) is 5.73 Å². The maximum atomic E-state index is 8.56. The SMILES string of the molecule is [NH]C(=O)[O-]. The quantitative estimate of drug-likeness (QED) is 0.345. The maximum absolute atomic E-state index is 8.56. The van der Waals surface area contributed by atoms with Gasteiger partial charge in [0, 0.05) is 0 Å². The van der Waals surface area contributed by atoms with Crippen molar-refractivity contribution >= 4 is 6.09 Å². The van der Waals surface area contributed by atoms with Crippen LogP contribution in [0, 0.1) is 0 Å². The Bertz CT molecular complexity index is 29.0. The van der Waals surface area contributed by atoms with Crippen molar-refractivity contribution in [1.29, 1.82) is 0 Å². The van der Waals surface area contributed by atoms with E-state index in [1.165, 1.54) is 0 Å². The molecule has 0 saturated carbocycles. The fraction of sp³-hybridized carbons (Fsp3) is 0. The molecule has 0 unspecified atom stereocenters. The number of carbonyl (C=O) groups is 1. The third-order valence-electron chi connectivity index (χ3n) is 0. The number of hydrogen-bond acceptors (Lipinski definition) is 2. The average molecular weight is 59.0 g/mol. The second-order valence-electron chi connectivity index (χ2n) is 0.287. The summed E-state index contributed by atoms with van der Waals surface area (Å²) in [7, 11) is 0. The summed E-state index contributed by atoms with van der Waals surface area (Å²) in [4.78, 5) is 8.56. The Labute approximate surface area is 23.0 Å². The van der Waals surface area contributed by atoms with Crippen LogP contribution in [0.3, 0.4) is 0 Å². The third kappa shape index (κ3) is 0.174. The van der Waals surface area contributed by atoms with Crippen molar-refractivity contribution in [2.45, 2.75) is 0 Å². The van der Waals surface area contributed by atoms with Crippen molar-refractivity contribution in [2.75, 3.05) is 0 Å². The van der Waals surface area contributed by atoms with E-state index >= 15 is 0 Å². The van der Waals surface area contributed by atoms with E-state index in [0.29, 0.717) is 0 Å². The van der Waals surface area contributed by atoms with Crippen LogP contribution < -0.4 is 10.8 Å². The Hall–Kier alpha value is -0.730. The van der Waals surface area contributed by atoms with Crippen molar-refractivity contribution in [3.05, 3.63) is 0 Å². The molecule has 0 heterocycles. The Kier molecular flexibility index (Phi) is 0.581. The molecule has 1 N–H and O–H groups in total. The fourth-order valence-electron chi connectivity index (χ4n) is 0. The van der Waals surface area contributed by atoms with E-state index in [1.54, 1.807) is 0 Å². The van der Waals surface area contributed by atoms with Crippen LogP contribution in [0.1, 0.15) is 0 Å². The zero-order valence-electron chi connectivity index (χ0n) is 1.82. The molecule has 1 amide bonds. The zero-order valence-corrected chi connectivity index (χ0v) is 1.82. The molecule has 0 aromatic rings. The lowest BCUT2D eigenvalue weighted by atomic mass is 11.3. The van der Waals surface area contributed by atoms with Crippen LogP contribution in [-0.4, -0.2) is 6.09 Å². The van der Waals surface area contributed by atoms with Gasteiger partial charge in [0.25, 0.3) is 0 Å². The highest BCUT2D eigenvalue weighted by Gasteiger charge is 1.47. The largest absolute Gasteiger partial charge is 0.529 e. The highest BCUT2D eigenvalue weighted by molar-refractivity contribution is 5.57. The van der Waals surface area contributed by atoms with E-state index in [2.05, 4.69) is 0 Å². The summed E-state index contributed by atoms with van der Waals surface area (Å²) in [5.74, 6) is 0. The molecule has 0 bridgehead atoms. The summed E-state index contributed by atoms with van der Waals surface area (Å²) < 4.78 is 0. The summed E-state index contributed by atoms with van der Waals surface area (Å²) in [6.45, 7) is 0. The van der Waals surface area contributed by atoms with E-state index in [4.69, 9.17) is 15.6 Å². The normalized spacial score (nSPS) is 6.00. The highest BCUT2D eigenvalue weighted by Crippen LogP contribution is 1.29. The van der Waals surface area contributed by atoms with Gasteiger partial charge >= 0.3 is 0 Å². The summed E-state index contributed by atoms with van der Waals surface area (Å²) in [6, 6.07) is 0. The molecule has 0 atom stereocenters. The van der Waals surface area contributed by atoms with Gasteiger partial charge in [-0.2, -0.15) is 0 Å². The maximum Gasteiger partial charge on any atom is 0.153 e. The molecule has 0 saturated heterocycles. The van der Waals surface area contributed by atoms with Crippen LogP contribution in [0.4, 0.5) is 4.79 Å². The Morgan fingerprint density at radius 2 is 2.00 bits per heavy atom. The number of rotatable bonds is 0. The summed E-state index contributed by atoms with van der Waals surface area (Å²) in [5.41, 5.74) is 5.39. The van der Waals surface area contributed by atoms with Gasteiger partial charge in [-0.15, -0.1) is 0 Å². The van der Waals surface area contributed by atoms with E-state index in [9.17, 15) is 0 Å². The van der Waals surface area contributed by atoms with Gasteiger partial charge in [0.2, 0.25) is 0 Å². The van der Waals surface area contributed by atoms with Gasteiger partial charge in [0.1, 0.15) is 0 Å². The Morgan fingerprint density at radius 1 is 2.00 bits per heavy atom. The van der Waals surface area contributed by atoms with Gasteiger partial charge < -0.3 is 9.90 Å².